The Kier molecular flexibility index (Phi) is 9.16. The van der Waals surface area contributed by atoms with Crippen LogP contribution < -0.4 is 0 Å². The van der Waals surface area contributed by atoms with Gasteiger partial charge in [-0.15, -0.1) is 13.2 Å². The second-order valence-electron chi connectivity index (χ2n) is 9.97. The van der Waals surface area contributed by atoms with E-state index in [1.807, 2.05) is 6.92 Å². The second kappa shape index (κ2) is 11.7. The number of fused-ring (bicyclic) bond motifs is 1. The van der Waals surface area contributed by atoms with E-state index < -0.39 is 35.0 Å². The van der Waals surface area contributed by atoms with Crippen LogP contribution in [0.2, 0.25) is 0 Å². The Morgan fingerprint density at radius 1 is 1.23 bits per heavy atom. The van der Waals surface area contributed by atoms with E-state index in [1.54, 1.807) is 22.0 Å². The van der Waals surface area contributed by atoms with Crippen molar-refractivity contribution in [1.82, 2.24) is 9.80 Å². The molecular formula is C27H42N2O6. The van der Waals surface area contributed by atoms with Gasteiger partial charge in [0.05, 0.1) is 18.1 Å². The van der Waals surface area contributed by atoms with E-state index in [9.17, 15) is 19.5 Å². The molecule has 0 aromatic rings. The first kappa shape index (κ1) is 27.4. The number of hydrogen-bond acceptors (Lipinski definition) is 6. The van der Waals surface area contributed by atoms with Gasteiger partial charge in [0.2, 0.25) is 11.8 Å². The van der Waals surface area contributed by atoms with Gasteiger partial charge < -0.3 is 24.4 Å². The molecule has 3 aliphatic heterocycles. The lowest BCUT2D eigenvalue weighted by molar-refractivity contribution is -0.162. The Balaban J connectivity index is 1.98. The highest BCUT2D eigenvalue weighted by Crippen LogP contribution is 2.64. The van der Waals surface area contributed by atoms with Crippen molar-refractivity contribution < 1.29 is 29.0 Å². The zero-order chi connectivity index (χ0) is 25.6. The highest BCUT2D eigenvalue weighted by atomic mass is 16.6. The predicted octanol–water partition coefficient (Wildman–Crippen LogP) is 2.85. The number of likely N-dealkylation sites (tertiary alicyclic amines) is 1. The van der Waals surface area contributed by atoms with E-state index in [4.69, 9.17) is 9.47 Å². The largest absolute Gasteiger partial charge is 0.465 e. The van der Waals surface area contributed by atoms with E-state index in [2.05, 4.69) is 20.1 Å². The van der Waals surface area contributed by atoms with Crippen molar-refractivity contribution in [3.05, 3.63) is 25.3 Å². The summed E-state index contributed by atoms with van der Waals surface area (Å²) in [7, 11) is 0. The summed E-state index contributed by atoms with van der Waals surface area (Å²) in [6.45, 7) is 12.9. The molecule has 196 valence electrons. The summed E-state index contributed by atoms with van der Waals surface area (Å²) in [5.74, 6) is -2.32. The summed E-state index contributed by atoms with van der Waals surface area (Å²) in [6, 6.07) is -0.824. The smallest absolute Gasteiger partial charge is 0.312 e. The molecule has 2 amide bonds. The SMILES string of the molecule is C=CCCCOC(=O)[C@@H]1[C@H]2C(=O)N(CCCO)C(C(=O)N(CC=C)CCCC)C23CC[C@@]1(CC)O3. The van der Waals surface area contributed by atoms with Crippen molar-refractivity contribution in [1.29, 1.82) is 0 Å². The maximum Gasteiger partial charge on any atom is 0.312 e. The molecule has 0 aromatic heterocycles. The van der Waals surface area contributed by atoms with Gasteiger partial charge in [-0.25, -0.2) is 0 Å². The molecule has 3 aliphatic rings. The summed E-state index contributed by atoms with van der Waals surface area (Å²) in [6.07, 6.45) is 8.72. The van der Waals surface area contributed by atoms with E-state index in [0.29, 0.717) is 45.2 Å². The van der Waals surface area contributed by atoms with E-state index in [1.165, 1.54) is 0 Å². The normalized spacial score (nSPS) is 30.9. The number of hydrogen-bond donors (Lipinski definition) is 1. The average molecular weight is 491 g/mol. The number of ether oxygens (including phenoxy) is 2. The molecular weight excluding hydrogens is 448 g/mol. The molecule has 8 heteroatoms. The Bertz CT molecular complexity index is 815. The molecule has 2 bridgehead atoms. The van der Waals surface area contributed by atoms with Gasteiger partial charge in [0, 0.05) is 26.2 Å². The Labute approximate surface area is 209 Å². The first-order chi connectivity index (χ1) is 16.9. The molecule has 3 fully saturated rings. The number of allylic oxidation sites excluding steroid dienone is 1. The number of amides is 2. The number of rotatable bonds is 15. The summed E-state index contributed by atoms with van der Waals surface area (Å²) in [5, 5.41) is 9.48. The summed E-state index contributed by atoms with van der Waals surface area (Å²) >= 11 is 0. The minimum atomic E-state index is -1.06. The van der Waals surface area contributed by atoms with Crippen molar-refractivity contribution in [2.45, 2.75) is 82.5 Å². The first-order valence-electron chi connectivity index (χ1n) is 13.2. The predicted molar refractivity (Wildman–Crippen MR) is 132 cm³/mol. The first-order valence-corrected chi connectivity index (χ1v) is 13.2. The van der Waals surface area contributed by atoms with Crippen LogP contribution in [0.4, 0.5) is 0 Å². The molecule has 0 radical (unpaired) electrons. The lowest BCUT2D eigenvalue weighted by atomic mass is 9.65. The molecule has 0 saturated carbocycles. The van der Waals surface area contributed by atoms with Gasteiger partial charge in [0.25, 0.3) is 0 Å². The molecule has 3 rings (SSSR count). The summed E-state index contributed by atoms with van der Waals surface area (Å²) < 4.78 is 12.3. The lowest BCUT2D eigenvalue weighted by Crippen LogP contribution is -2.56. The number of carbonyl (C=O) groups excluding carboxylic acids is 3. The second-order valence-corrected chi connectivity index (χ2v) is 9.97. The van der Waals surface area contributed by atoms with Crippen LogP contribution in [0.5, 0.6) is 0 Å². The average Bonchev–Trinajstić information content (AvgIpc) is 3.46. The zero-order valence-corrected chi connectivity index (χ0v) is 21.4. The van der Waals surface area contributed by atoms with Crippen molar-refractivity contribution in [3.63, 3.8) is 0 Å². The van der Waals surface area contributed by atoms with E-state index in [-0.39, 0.29) is 31.6 Å². The number of aliphatic hydroxyl groups is 1. The Hall–Kier alpha value is -2.19. The number of nitrogens with zero attached hydrogens (tertiary/aromatic N) is 2. The number of carbonyl (C=O) groups is 3. The van der Waals surface area contributed by atoms with Crippen LogP contribution in [0.25, 0.3) is 0 Å². The quantitative estimate of drug-likeness (QED) is 0.215. The van der Waals surface area contributed by atoms with Gasteiger partial charge in [-0.05, 0) is 44.9 Å². The van der Waals surface area contributed by atoms with E-state index >= 15 is 0 Å². The van der Waals surface area contributed by atoms with Gasteiger partial charge in [-0.2, -0.15) is 0 Å². The van der Waals surface area contributed by atoms with Crippen LogP contribution in [0.15, 0.2) is 25.3 Å². The maximum absolute atomic E-state index is 14.0. The third-order valence-corrected chi connectivity index (χ3v) is 7.97. The molecule has 3 heterocycles. The standard InChI is InChI=1S/C27H42N2O6/c1-5-9-11-19-34-25(33)21-20-23(31)29(17-12-18-30)22(24(32)28(15-7-3)16-10-6-2)27(20)14-13-26(21,8-4)35-27/h5,7,20-22,30H,1,3,6,8-19H2,2,4H3/t20-,21-,22?,26+,27?/m0/s1. The molecule has 35 heavy (non-hydrogen) atoms. The lowest BCUT2D eigenvalue weighted by Gasteiger charge is -2.37. The molecule has 1 N–H and O–H groups in total. The van der Waals surface area contributed by atoms with Crippen molar-refractivity contribution in [2.24, 2.45) is 11.8 Å². The van der Waals surface area contributed by atoms with Gasteiger partial charge in [-0.1, -0.05) is 32.4 Å². The molecule has 2 unspecified atom stereocenters. The number of aliphatic hydroxyl groups excluding tert-OH is 1. The molecule has 0 aliphatic carbocycles. The molecule has 5 atom stereocenters. The molecule has 3 saturated heterocycles. The Morgan fingerprint density at radius 3 is 2.63 bits per heavy atom. The monoisotopic (exact) mass is 490 g/mol. The van der Waals surface area contributed by atoms with Crippen LogP contribution in [-0.2, 0) is 23.9 Å². The fraction of sp³-hybridized carbons (Fsp3) is 0.741. The fourth-order valence-electron chi connectivity index (χ4n) is 6.30. The van der Waals surface area contributed by atoms with Gasteiger partial charge in [0.15, 0.2) is 0 Å². The number of esters is 1. The van der Waals surface area contributed by atoms with Crippen LogP contribution in [0, 0.1) is 11.8 Å². The third kappa shape index (κ3) is 4.79. The fourth-order valence-corrected chi connectivity index (χ4v) is 6.30. The van der Waals surface area contributed by atoms with Crippen LogP contribution in [-0.4, -0.2) is 82.8 Å². The van der Waals surface area contributed by atoms with Crippen molar-refractivity contribution >= 4 is 17.8 Å². The minimum Gasteiger partial charge on any atom is -0.465 e. The number of unbranched alkanes of at least 4 members (excludes halogenated alkanes) is 2. The third-order valence-electron chi connectivity index (χ3n) is 7.97. The van der Waals surface area contributed by atoms with E-state index in [0.717, 1.165) is 19.3 Å². The van der Waals surface area contributed by atoms with Crippen molar-refractivity contribution in [2.75, 3.05) is 32.8 Å². The van der Waals surface area contributed by atoms with Crippen LogP contribution >= 0.6 is 0 Å². The topological polar surface area (TPSA) is 96.4 Å². The molecule has 1 spiro atoms. The molecule has 8 nitrogen and oxygen atoms in total. The Morgan fingerprint density at radius 2 is 2.00 bits per heavy atom. The highest BCUT2D eigenvalue weighted by molar-refractivity contribution is 5.98. The zero-order valence-electron chi connectivity index (χ0n) is 21.4. The molecule has 0 aromatic carbocycles. The van der Waals surface area contributed by atoms with Gasteiger partial charge in [0.1, 0.15) is 17.6 Å². The minimum absolute atomic E-state index is 0.0942. The van der Waals surface area contributed by atoms with Crippen LogP contribution in [0.1, 0.15) is 65.2 Å². The summed E-state index contributed by atoms with van der Waals surface area (Å²) in [4.78, 5) is 44.6. The maximum atomic E-state index is 14.0. The van der Waals surface area contributed by atoms with Crippen molar-refractivity contribution in [3.8, 4) is 0 Å². The highest BCUT2D eigenvalue weighted by Gasteiger charge is 2.79. The van der Waals surface area contributed by atoms with Gasteiger partial charge in [-0.3, -0.25) is 14.4 Å². The summed E-state index contributed by atoms with van der Waals surface area (Å²) in [5.41, 5.74) is -1.86. The van der Waals surface area contributed by atoms with Gasteiger partial charge >= 0.3 is 5.97 Å². The van der Waals surface area contributed by atoms with Crippen LogP contribution in [0.3, 0.4) is 0 Å².